The van der Waals surface area contributed by atoms with E-state index in [0.29, 0.717) is 23.7 Å². The summed E-state index contributed by atoms with van der Waals surface area (Å²) in [7, 11) is 3.13. The SMILES string of the molecule is COc1ccc(CC(=O)N(Cc2ccc(Br)cc2)c2ccccc2O)cc1OC. The molecule has 3 rings (SSSR count). The molecule has 0 aliphatic rings. The highest BCUT2D eigenvalue weighted by Gasteiger charge is 2.20. The summed E-state index contributed by atoms with van der Waals surface area (Å²) in [5, 5.41) is 10.3. The van der Waals surface area contributed by atoms with E-state index in [1.807, 2.05) is 30.3 Å². The number of ether oxygens (including phenoxy) is 2. The molecule has 0 atom stereocenters. The highest BCUT2D eigenvalue weighted by Crippen LogP contribution is 2.31. The molecule has 0 spiro atoms. The average Bonchev–Trinajstić information content (AvgIpc) is 2.73. The zero-order valence-corrected chi connectivity index (χ0v) is 17.8. The molecule has 3 aromatic rings. The molecule has 0 saturated heterocycles. The van der Waals surface area contributed by atoms with Gasteiger partial charge in [-0.1, -0.05) is 46.3 Å². The fourth-order valence-electron chi connectivity index (χ4n) is 3.03. The standard InChI is InChI=1S/C23H22BrNO4/c1-28-21-12-9-17(13-22(21)29-2)14-23(27)25(19-5-3-4-6-20(19)26)15-16-7-10-18(24)11-8-16/h3-13,26H,14-15H2,1-2H3. The lowest BCUT2D eigenvalue weighted by molar-refractivity contribution is -0.118. The van der Waals surface area contributed by atoms with Crippen molar-refractivity contribution in [1.82, 2.24) is 0 Å². The summed E-state index contributed by atoms with van der Waals surface area (Å²) >= 11 is 3.42. The molecular weight excluding hydrogens is 434 g/mol. The number of phenols is 1. The third-order valence-electron chi connectivity index (χ3n) is 4.53. The first-order valence-corrected chi connectivity index (χ1v) is 9.85. The number of phenolic OH excluding ortho intramolecular Hbond substituents is 1. The van der Waals surface area contributed by atoms with Crippen LogP contribution in [0.4, 0.5) is 5.69 Å². The minimum absolute atomic E-state index is 0.0604. The first-order chi connectivity index (χ1) is 14.0. The van der Waals surface area contributed by atoms with Crippen LogP contribution in [-0.2, 0) is 17.8 Å². The minimum Gasteiger partial charge on any atom is -0.506 e. The number of anilines is 1. The summed E-state index contributed by atoms with van der Waals surface area (Å²) in [5.41, 5.74) is 2.22. The number of hydrogen-bond donors (Lipinski definition) is 1. The lowest BCUT2D eigenvalue weighted by Gasteiger charge is -2.24. The Morgan fingerprint density at radius 1 is 0.931 bits per heavy atom. The van der Waals surface area contributed by atoms with E-state index in [0.717, 1.165) is 15.6 Å². The van der Waals surface area contributed by atoms with E-state index in [1.165, 1.54) is 0 Å². The third kappa shape index (κ3) is 5.09. The third-order valence-corrected chi connectivity index (χ3v) is 5.06. The van der Waals surface area contributed by atoms with E-state index < -0.39 is 0 Å². The van der Waals surface area contributed by atoms with Crippen LogP contribution in [0.5, 0.6) is 17.2 Å². The molecule has 0 bridgehead atoms. The van der Waals surface area contributed by atoms with Gasteiger partial charge in [0.15, 0.2) is 11.5 Å². The van der Waals surface area contributed by atoms with Crippen LogP contribution in [0.3, 0.4) is 0 Å². The summed E-state index contributed by atoms with van der Waals surface area (Å²) in [6.07, 6.45) is 0.158. The summed E-state index contributed by atoms with van der Waals surface area (Å²) in [4.78, 5) is 14.8. The topological polar surface area (TPSA) is 59.0 Å². The van der Waals surface area contributed by atoms with E-state index in [-0.39, 0.29) is 18.1 Å². The Morgan fingerprint density at radius 3 is 2.24 bits per heavy atom. The molecule has 0 saturated carbocycles. The van der Waals surface area contributed by atoms with Gasteiger partial charge >= 0.3 is 0 Å². The number of carbonyl (C=O) groups is 1. The van der Waals surface area contributed by atoms with Crippen molar-refractivity contribution in [2.45, 2.75) is 13.0 Å². The largest absolute Gasteiger partial charge is 0.506 e. The van der Waals surface area contributed by atoms with Crippen LogP contribution in [0.15, 0.2) is 71.2 Å². The minimum atomic E-state index is -0.137. The summed E-state index contributed by atoms with van der Waals surface area (Å²) in [5.74, 6) is 1.10. The number of para-hydroxylation sites is 2. The van der Waals surface area contributed by atoms with E-state index in [2.05, 4.69) is 15.9 Å². The molecule has 0 aromatic heterocycles. The second-order valence-electron chi connectivity index (χ2n) is 6.46. The molecule has 6 heteroatoms. The van der Waals surface area contributed by atoms with Crippen molar-refractivity contribution in [3.63, 3.8) is 0 Å². The van der Waals surface area contributed by atoms with Gasteiger partial charge < -0.3 is 19.5 Å². The van der Waals surface area contributed by atoms with Gasteiger partial charge in [-0.2, -0.15) is 0 Å². The van der Waals surface area contributed by atoms with Gasteiger partial charge in [-0.05, 0) is 47.5 Å². The lowest BCUT2D eigenvalue weighted by atomic mass is 10.1. The summed E-state index contributed by atoms with van der Waals surface area (Å²) < 4.78 is 11.6. The van der Waals surface area contributed by atoms with Gasteiger partial charge in [0, 0.05) is 4.47 Å². The highest BCUT2D eigenvalue weighted by atomic mass is 79.9. The molecule has 1 amide bonds. The van der Waals surface area contributed by atoms with Crippen molar-refractivity contribution >= 4 is 27.5 Å². The first kappa shape index (κ1) is 20.7. The molecule has 0 aliphatic carbocycles. The van der Waals surface area contributed by atoms with Crippen LogP contribution in [-0.4, -0.2) is 25.2 Å². The van der Waals surface area contributed by atoms with Gasteiger partial charge in [-0.15, -0.1) is 0 Å². The predicted octanol–water partition coefficient (Wildman–Crippen LogP) is 4.95. The molecule has 0 radical (unpaired) electrons. The molecule has 0 heterocycles. The van der Waals surface area contributed by atoms with Crippen LogP contribution in [0.2, 0.25) is 0 Å². The van der Waals surface area contributed by atoms with Crippen LogP contribution >= 0.6 is 15.9 Å². The van der Waals surface area contributed by atoms with Gasteiger partial charge in [-0.3, -0.25) is 4.79 Å². The van der Waals surface area contributed by atoms with Gasteiger partial charge in [-0.25, -0.2) is 0 Å². The number of halogens is 1. The summed E-state index contributed by atoms with van der Waals surface area (Å²) in [6, 6.07) is 20.0. The van der Waals surface area contributed by atoms with Crippen LogP contribution in [0.1, 0.15) is 11.1 Å². The van der Waals surface area contributed by atoms with Gasteiger partial charge in [0.05, 0.1) is 32.9 Å². The van der Waals surface area contributed by atoms with Crippen molar-refractivity contribution in [1.29, 1.82) is 0 Å². The van der Waals surface area contributed by atoms with Crippen LogP contribution in [0, 0.1) is 0 Å². The number of hydrogen-bond acceptors (Lipinski definition) is 4. The number of carbonyl (C=O) groups excluding carboxylic acids is 1. The van der Waals surface area contributed by atoms with E-state index in [1.54, 1.807) is 55.5 Å². The highest BCUT2D eigenvalue weighted by molar-refractivity contribution is 9.10. The number of nitrogens with zero attached hydrogens (tertiary/aromatic N) is 1. The first-order valence-electron chi connectivity index (χ1n) is 9.05. The molecule has 3 aromatic carbocycles. The molecule has 0 fully saturated rings. The quantitative estimate of drug-likeness (QED) is 0.547. The second kappa shape index (κ2) is 9.47. The predicted molar refractivity (Wildman–Crippen MR) is 117 cm³/mol. The van der Waals surface area contributed by atoms with Crippen molar-refractivity contribution < 1.29 is 19.4 Å². The van der Waals surface area contributed by atoms with Crippen LogP contribution < -0.4 is 14.4 Å². The smallest absolute Gasteiger partial charge is 0.231 e. The van der Waals surface area contributed by atoms with E-state index in [4.69, 9.17) is 9.47 Å². The zero-order chi connectivity index (χ0) is 20.8. The monoisotopic (exact) mass is 455 g/mol. The zero-order valence-electron chi connectivity index (χ0n) is 16.3. The molecule has 5 nitrogen and oxygen atoms in total. The Hall–Kier alpha value is -2.99. The maximum Gasteiger partial charge on any atom is 0.231 e. The van der Waals surface area contributed by atoms with Crippen molar-refractivity contribution in [2.24, 2.45) is 0 Å². The maximum atomic E-state index is 13.2. The number of rotatable bonds is 7. The van der Waals surface area contributed by atoms with Gasteiger partial charge in [0.1, 0.15) is 5.75 Å². The fraction of sp³-hybridized carbons (Fsp3) is 0.174. The maximum absolute atomic E-state index is 13.2. The number of amides is 1. The Kier molecular flexibility index (Phi) is 6.77. The van der Waals surface area contributed by atoms with Crippen molar-refractivity contribution in [3.8, 4) is 17.2 Å². The Labute approximate surface area is 178 Å². The average molecular weight is 456 g/mol. The normalized spacial score (nSPS) is 10.4. The Balaban J connectivity index is 1.90. The number of methoxy groups -OCH3 is 2. The number of aromatic hydroxyl groups is 1. The van der Waals surface area contributed by atoms with Gasteiger partial charge in [0.2, 0.25) is 5.91 Å². The van der Waals surface area contributed by atoms with Crippen LogP contribution in [0.25, 0.3) is 0 Å². The lowest BCUT2D eigenvalue weighted by Crippen LogP contribution is -2.31. The molecule has 0 unspecified atom stereocenters. The Bertz CT molecular complexity index is 988. The Morgan fingerprint density at radius 2 is 1.59 bits per heavy atom. The van der Waals surface area contributed by atoms with E-state index >= 15 is 0 Å². The molecule has 1 N–H and O–H groups in total. The second-order valence-corrected chi connectivity index (χ2v) is 7.38. The van der Waals surface area contributed by atoms with Crippen molar-refractivity contribution in [2.75, 3.05) is 19.1 Å². The number of benzene rings is 3. The molecule has 29 heavy (non-hydrogen) atoms. The van der Waals surface area contributed by atoms with Crippen molar-refractivity contribution in [3.05, 3.63) is 82.3 Å². The van der Waals surface area contributed by atoms with Gasteiger partial charge in [0.25, 0.3) is 0 Å². The molecule has 0 aliphatic heterocycles. The fourth-order valence-corrected chi connectivity index (χ4v) is 3.30. The molecular formula is C23H22BrNO4. The van der Waals surface area contributed by atoms with E-state index in [9.17, 15) is 9.90 Å². The summed E-state index contributed by atoms with van der Waals surface area (Å²) in [6.45, 7) is 0.344. The molecule has 150 valence electrons.